The van der Waals surface area contributed by atoms with Crippen LogP contribution in [-0.4, -0.2) is 5.54 Å². The Morgan fingerprint density at radius 2 is 1.53 bits per heavy atom. The summed E-state index contributed by atoms with van der Waals surface area (Å²) in [4.78, 5) is 0. The molecule has 4 heteroatoms. The summed E-state index contributed by atoms with van der Waals surface area (Å²) in [6, 6.07) is 0. The van der Waals surface area contributed by atoms with E-state index in [1.54, 1.807) is 0 Å². The van der Waals surface area contributed by atoms with E-state index in [0.29, 0.717) is 5.92 Å². The number of rotatable bonds is 1. The molecule has 85 valence electrons. The third-order valence-corrected chi connectivity index (χ3v) is 3.13. The van der Waals surface area contributed by atoms with Crippen LogP contribution in [0.1, 0.15) is 34.6 Å². The van der Waals surface area contributed by atoms with Crippen molar-refractivity contribution >= 4 is 0 Å². The quantitative estimate of drug-likeness (QED) is 0.519. The minimum absolute atomic E-state index is 0. The molecule has 0 aromatic rings. The number of hydrogen-bond acceptors (Lipinski definition) is 0. The minimum atomic E-state index is -0.436. The van der Waals surface area contributed by atoms with Gasteiger partial charge in [-0.05, 0) is 20.8 Å². The molecule has 0 heterocycles. The topological polar surface area (TPSA) is 23.8 Å². The number of nitrogens with one attached hydrogen (secondary N) is 1. The standard InChI is InChI=1S/C11H18N.2ClH.Zr/c1-7(2)11(12)6-8(3)9(4)10(11)5;;;/h6-7,12H,1-5H3;2*1H;/q-1;;;+3/p-2. The van der Waals surface area contributed by atoms with Gasteiger partial charge in [0.25, 0.3) is 0 Å². The summed E-state index contributed by atoms with van der Waals surface area (Å²) < 4.78 is 0. The molecule has 0 aliphatic heterocycles. The first-order chi connectivity index (χ1) is 5.39. The van der Waals surface area contributed by atoms with Crippen molar-refractivity contribution in [1.29, 1.82) is 0 Å². The van der Waals surface area contributed by atoms with Crippen molar-refractivity contribution in [3.63, 3.8) is 0 Å². The van der Waals surface area contributed by atoms with Crippen molar-refractivity contribution in [2.45, 2.75) is 40.2 Å². The average Bonchev–Trinajstić information content (AvgIpc) is 2.17. The van der Waals surface area contributed by atoms with E-state index >= 15 is 0 Å². The van der Waals surface area contributed by atoms with Gasteiger partial charge < -0.3 is 30.5 Å². The van der Waals surface area contributed by atoms with Gasteiger partial charge in [0.2, 0.25) is 0 Å². The molecule has 0 saturated heterocycles. The number of allylic oxidation sites excluding steroid dienone is 2. The molecule has 1 rings (SSSR count). The Morgan fingerprint density at radius 1 is 1.13 bits per heavy atom. The second-order valence-corrected chi connectivity index (χ2v) is 4.10. The van der Waals surface area contributed by atoms with E-state index in [2.05, 4.69) is 40.7 Å². The maximum absolute atomic E-state index is 8.27. The van der Waals surface area contributed by atoms with Crippen molar-refractivity contribution in [2.24, 2.45) is 5.92 Å². The molecule has 1 radical (unpaired) electrons. The van der Waals surface area contributed by atoms with Crippen molar-refractivity contribution in [3.05, 3.63) is 28.5 Å². The summed E-state index contributed by atoms with van der Waals surface area (Å²) in [6.45, 7) is 10.5. The van der Waals surface area contributed by atoms with Crippen molar-refractivity contribution in [1.82, 2.24) is 0 Å². The molecule has 15 heavy (non-hydrogen) atoms. The summed E-state index contributed by atoms with van der Waals surface area (Å²) in [5, 5.41) is 0. The molecule has 1 nitrogen and oxygen atoms in total. The Bertz CT molecular complexity index is 272. The van der Waals surface area contributed by atoms with Crippen LogP contribution >= 0.6 is 0 Å². The van der Waals surface area contributed by atoms with Crippen LogP contribution in [0.4, 0.5) is 0 Å². The monoisotopic (exact) mass is 324 g/mol. The molecule has 1 aliphatic rings. The summed E-state index contributed by atoms with van der Waals surface area (Å²) in [5.41, 5.74) is 11.6. The molecular formula is C11H18Cl2NZr. The molecule has 0 saturated carbocycles. The zero-order chi connectivity index (χ0) is 9.52. The predicted octanol–water partition coefficient (Wildman–Crippen LogP) is -2.26. The SMILES string of the molecule is CC1=CC([NH-])(C(C)C)C(C)=C1C.[Cl-].[Cl-].[Zr+3]. The molecule has 0 aromatic carbocycles. The third-order valence-electron chi connectivity index (χ3n) is 3.13. The van der Waals surface area contributed by atoms with E-state index in [0.717, 1.165) is 0 Å². The van der Waals surface area contributed by atoms with Gasteiger partial charge in [0.15, 0.2) is 0 Å². The molecule has 0 spiro atoms. The summed E-state index contributed by atoms with van der Waals surface area (Å²) in [6.07, 6.45) is 2.09. The molecule has 1 atom stereocenters. The van der Waals surface area contributed by atoms with Gasteiger partial charge >= 0.3 is 26.2 Å². The average molecular weight is 326 g/mol. The fraction of sp³-hybridized carbons (Fsp3) is 0.636. The van der Waals surface area contributed by atoms with Gasteiger partial charge in [-0.25, -0.2) is 0 Å². The first-order valence-corrected chi connectivity index (χ1v) is 4.52. The molecule has 0 aromatic heterocycles. The van der Waals surface area contributed by atoms with E-state index in [1.807, 2.05) is 0 Å². The molecule has 0 fully saturated rings. The largest absolute Gasteiger partial charge is 3.00 e. The van der Waals surface area contributed by atoms with Crippen LogP contribution in [0.3, 0.4) is 0 Å². The van der Waals surface area contributed by atoms with E-state index in [-0.39, 0.29) is 51.0 Å². The third kappa shape index (κ3) is 3.70. The summed E-state index contributed by atoms with van der Waals surface area (Å²) in [5.74, 6) is 0.366. The van der Waals surface area contributed by atoms with Crippen LogP contribution < -0.4 is 24.8 Å². The fourth-order valence-corrected chi connectivity index (χ4v) is 1.76. The first-order valence-electron chi connectivity index (χ1n) is 4.52. The number of halogens is 2. The molecule has 0 amide bonds. The normalized spacial score (nSPS) is 24.1. The van der Waals surface area contributed by atoms with Crippen LogP contribution in [-0.2, 0) is 26.2 Å². The van der Waals surface area contributed by atoms with E-state index in [1.165, 1.54) is 16.7 Å². The van der Waals surface area contributed by atoms with Crippen LogP contribution in [0.15, 0.2) is 22.8 Å². The molecule has 0 bridgehead atoms. The first kappa shape index (κ1) is 21.2. The number of hydrogen-bond donors (Lipinski definition) is 0. The second-order valence-electron chi connectivity index (χ2n) is 4.10. The summed E-state index contributed by atoms with van der Waals surface area (Å²) >= 11 is 0. The van der Waals surface area contributed by atoms with Gasteiger partial charge in [0.05, 0.1) is 0 Å². The zero-order valence-corrected chi connectivity index (χ0v) is 13.9. The van der Waals surface area contributed by atoms with Crippen LogP contribution in [0.2, 0.25) is 0 Å². The molecule has 1 N–H and O–H groups in total. The Morgan fingerprint density at radius 3 is 1.67 bits per heavy atom. The Kier molecular flexibility index (Phi) is 10.3. The van der Waals surface area contributed by atoms with Gasteiger partial charge in [-0.2, -0.15) is 0 Å². The zero-order valence-electron chi connectivity index (χ0n) is 9.91. The van der Waals surface area contributed by atoms with Gasteiger partial charge in [0, 0.05) is 0 Å². The maximum atomic E-state index is 8.27. The smallest absolute Gasteiger partial charge is 1.00 e. The Hall–Kier alpha value is 0.903. The minimum Gasteiger partial charge on any atom is -1.00 e. The van der Waals surface area contributed by atoms with Gasteiger partial charge in [-0.1, -0.05) is 48.1 Å². The maximum Gasteiger partial charge on any atom is 3.00 e. The summed E-state index contributed by atoms with van der Waals surface area (Å²) in [7, 11) is 0. The molecule has 1 aliphatic carbocycles. The van der Waals surface area contributed by atoms with E-state index in [4.69, 9.17) is 5.73 Å². The van der Waals surface area contributed by atoms with E-state index < -0.39 is 5.54 Å². The Labute approximate surface area is 125 Å². The molecule has 1 unspecified atom stereocenters. The van der Waals surface area contributed by atoms with Crippen LogP contribution in [0, 0.1) is 5.92 Å². The van der Waals surface area contributed by atoms with Crippen molar-refractivity contribution in [2.75, 3.05) is 0 Å². The Balaban J connectivity index is -0.000000480. The van der Waals surface area contributed by atoms with Gasteiger partial charge in [-0.3, -0.25) is 0 Å². The van der Waals surface area contributed by atoms with Crippen LogP contribution in [0.25, 0.3) is 5.73 Å². The van der Waals surface area contributed by atoms with Crippen molar-refractivity contribution in [3.8, 4) is 0 Å². The molecular weight excluding hydrogens is 308 g/mol. The second kappa shape index (κ2) is 7.27. The van der Waals surface area contributed by atoms with Gasteiger partial charge in [-0.15, -0.1) is 0 Å². The predicted molar refractivity (Wildman–Crippen MR) is 54.0 cm³/mol. The van der Waals surface area contributed by atoms with Crippen molar-refractivity contribution < 1.29 is 51.0 Å². The van der Waals surface area contributed by atoms with Gasteiger partial charge in [0.1, 0.15) is 0 Å². The van der Waals surface area contributed by atoms with Crippen LogP contribution in [0.5, 0.6) is 0 Å². The van der Waals surface area contributed by atoms with E-state index in [9.17, 15) is 0 Å². The fourth-order valence-electron chi connectivity index (χ4n) is 1.76.